The molecule has 0 atom stereocenters. The first-order chi connectivity index (χ1) is 9.22. The number of carbonyl (C=O) groups excluding carboxylic acids is 1. The fraction of sp³-hybridized carbons (Fsp3) is 0.538. The molecular formula is C13H18BrN3OS. The van der Waals surface area contributed by atoms with Crippen molar-refractivity contribution in [2.24, 2.45) is 0 Å². The molecule has 1 aliphatic heterocycles. The van der Waals surface area contributed by atoms with E-state index in [2.05, 4.69) is 33.2 Å². The van der Waals surface area contributed by atoms with Gasteiger partial charge in [0.1, 0.15) is 5.82 Å². The van der Waals surface area contributed by atoms with Gasteiger partial charge in [-0.3, -0.25) is 4.79 Å². The van der Waals surface area contributed by atoms with Gasteiger partial charge in [-0.05, 0) is 28.4 Å². The summed E-state index contributed by atoms with van der Waals surface area (Å²) in [6.45, 7) is 4.56. The van der Waals surface area contributed by atoms with Crippen molar-refractivity contribution in [3.8, 4) is 0 Å². The third-order valence-electron chi connectivity index (χ3n) is 2.93. The van der Waals surface area contributed by atoms with Crippen molar-refractivity contribution in [3.05, 3.63) is 22.3 Å². The third-order valence-corrected chi connectivity index (χ3v) is 4.30. The zero-order chi connectivity index (χ0) is 13.7. The average Bonchev–Trinajstić information content (AvgIpc) is 2.46. The highest BCUT2D eigenvalue weighted by atomic mass is 79.9. The summed E-state index contributed by atoms with van der Waals surface area (Å²) in [4.78, 5) is 18.8. The van der Waals surface area contributed by atoms with Gasteiger partial charge in [-0.15, -0.1) is 0 Å². The quantitative estimate of drug-likeness (QED) is 0.912. The van der Waals surface area contributed by atoms with Crippen molar-refractivity contribution in [1.29, 1.82) is 0 Å². The SMILES string of the molecule is CCCNc1ncc(Br)cc1C(=O)N1CCSCC1. The minimum atomic E-state index is 0.0766. The Hall–Kier alpha value is -0.750. The molecule has 1 N–H and O–H groups in total. The maximum absolute atomic E-state index is 12.6. The van der Waals surface area contributed by atoms with Crippen molar-refractivity contribution in [2.75, 3.05) is 36.5 Å². The van der Waals surface area contributed by atoms with E-state index in [-0.39, 0.29) is 5.91 Å². The highest BCUT2D eigenvalue weighted by Crippen LogP contribution is 2.21. The van der Waals surface area contributed by atoms with Gasteiger partial charge < -0.3 is 10.2 Å². The molecule has 0 unspecified atom stereocenters. The fourth-order valence-corrected chi connectivity index (χ4v) is 3.16. The van der Waals surface area contributed by atoms with Crippen LogP contribution in [0.3, 0.4) is 0 Å². The molecule has 2 heterocycles. The van der Waals surface area contributed by atoms with Crippen LogP contribution in [-0.2, 0) is 0 Å². The topological polar surface area (TPSA) is 45.2 Å². The molecule has 19 heavy (non-hydrogen) atoms. The molecule has 1 amide bonds. The van der Waals surface area contributed by atoms with Crippen LogP contribution in [-0.4, -0.2) is 46.9 Å². The lowest BCUT2D eigenvalue weighted by Crippen LogP contribution is -2.38. The lowest BCUT2D eigenvalue weighted by molar-refractivity contribution is 0.0773. The molecule has 1 aliphatic rings. The van der Waals surface area contributed by atoms with Crippen LogP contribution >= 0.6 is 27.7 Å². The number of aromatic nitrogens is 1. The number of anilines is 1. The molecule has 2 rings (SSSR count). The summed E-state index contributed by atoms with van der Waals surface area (Å²) < 4.78 is 0.837. The van der Waals surface area contributed by atoms with Gasteiger partial charge in [-0.1, -0.05) is 6.92 Å². The van der Waals surface area contributed by atoms with Gasteiger partial charge in [0.05, 0.1) is 5.56 Å². The van der Waals surface area contributed by atoms with Gasteiger partial charge in [0.15, 0.2) is 0 Å². The maximum Gasteiger partial charge on any atom is 0.257 e. The molecule has 1 saturated heterocycles. The second-order valence-electron chi connectivity index (χ2n) is 4.38. The van der Waals surface area contributed by atoms with E-state index in [0.29, 0.717) is 11.4 Å². The molecule has 104 valence electrons. The lowest BCUT2D eigenvalue weighted by Gasteiger charge is -2.27. The Morgan fingerprint density at radius 1 is 1.53 bits per heavy atom. The number of amides is 1. The maximum atomic E-state index is 12.6. The fourth-order valence-electron chi connectivity index (χ4n) is 1.92. The standard InChI is InChI=1S/C13H18BrN3OS/c1-2-3-15-12-11(8-10(14)9-16-12)13(18)17-4-6-19-7-5-17/h8-9H,2-7H2,1H3,(H,15,16). The number of hydrogen-bond acceptors (Lipinski definition) is 4. The Morgan fingerprint density at radius 2 is 2.26 bits per heavy atom. The van der Waals surface area contributed by atoms with Crippen LogP contribution in [0, 0.1) is 0 Å². The zero-order valence-electron chi connectivity index (χ0n) is 11.0. The molecule has 0 aliphatic carbocycles. The van der Waals surface area contributed by atoms with Crippen LogP contribution in [0.4, 0.5) is 5.82 Å². The summed E-state index contributed by atoms with van der Waals surface area (Å²) in [6, 6.07) is 1.86. The highest BCUT2D eigenvalue weighted by Gasteiger charge is 2.21. The predicted molar refractivity (Wildman–Crippen MR) is 83.9 cm³/mol. The number of pyridine rings is 1. The van der Waals surface area contributed by atoms with Gasteiger partial charge in [-0.2, -0.15) is 11.8 Å². The molecule has 1 fully saturated rings. The van der Waals surface area contributed by atoms with Crippen molar-refractivity contribution >= 4 is 39.4 Å². The van der Waals surface area contributed by atoms with Crippen molar-refractivity contribution in [2.45, 2.75) is 13.3 Å². The van der Waals surface area contributed by atoms with E-state index >= 15 is 0 Å². The van der Waals surface area contributed by atoms with Gasteiger partial charge in [0.2, 0.25) is 0 Å². The Morgan fingerprint density at radius 3 is 2.95 bits per heavy atom. The van der Waals surface area contributed by atoms with E-state index < -0.39 is 0 Å². The van der Waals surface area contributed by atoms with E-state index in [1.54, 1.807) is 6.20 Å². The first-order valence-corrected chi connectivity index (χ1v) is 8.43. The number of nitrogens with zero attached hydrogens (tertiary/aromatic N) is 2. The smallest absolute Gasteiger partial charge is 0.257 e. The van der Waals surface area contributed by atoms with Crippen LogP contribution in [0.1, 0.15) is 23.7 Å². The number of halogens is 1. The van der Waals surface area contributed by atoms with Crippen molar-refractivity contribution < 1.29 is 4.79 Å². The first kappa shape index (κ1) is 14.7. The summed E-state index contributed by atoms with van der Waals surface area (Å²) in [5.74, 6) is 2.80. The Kier molecular flexibility index (Phi) is 5.51. The number of thioether (sulfide) groups is 1. The second kappa shape index (κ2) is 7.14. The Balaban J connectivity index is 2.20. The lowest BCUT2D eigenvalue weighted by atomic mass is 10.2. The first-order valence-electron chi connectivity index (χ1n) is 6.49. The molecule has 0 radical (unpaired) electrons. The van der Waals surface area contributed by atoms with Crippen LogP contribution in [0.25, 0.3) is 0 Å². The number of hydrogen-bond donors (Lipinski definition) is 1. The van der Waals surface area contributed by atoms with E-state index in [4.69, 9.17) is 0 Å². The summed E-state index contributed by atoms with van der Waals surface area (Å²) >= 11 is 5.29. The minimum Gasteiger partial charge on any atom is -0.369 e. The van der Waals surface area contributed by atoms with E-state index in [1.165, 1.54) is 0 Å². The molecule has 0 bridgehead atoms. The van der Waals surface area contributed by atoms with Gasteiger partial charge in [0, 0.05) is 41.8 Å². The summed E-state index contributed by atoms with van der Waals surface area (Å²) in [5.41, 5.74) is 0.662. The second-order valence-corrected chi connectivity index (χ2v) is 6.52. The zero-order valence-corrected chi connectivity index (χ0v) is 13.4. The van der Waals surface area contributed by atoms with Crippen molar-refractivity contribution in [1.82, 2.24) is 9.88 Å². The Labute approximate surface area is 126 Å². The normalized spacial score (nSPS) is 15.4. The largest absolute Gasteiger partial charge is 0.369 e. The minimum absolute atomic E-state index is 0.0766. The van der Waals surface area contributed by atoms with E-state index in [0.717, 1.165) is 42.0 Å². The average molecular weight is 344 g/mol. The summed E-state index contributed by atoms with van der Waals surface area (Å²) in [5, 5.41) is 3.23. The number of carbonyl (C=O) groups is 1. The van der Waals surface area contributed by atoms with Crippen LogP contribution < -0.4 is 5.32 Å². The van der Waals surface area contributed by atoms with Crippen LogP contribution in [0.2, 0.25) is 0 Å². The molecule has 1 aromatic heterocycles. The number of nitrogens with one attached hydrogen (secondary N) is 1. The molecule has 1 aromatic rings. The monoisotopic (exact) mass is 343 g/mol. The third kappa shape index (κ3) is 3.86. The Bertz CT molecular complexity index is 450. The highest BCUT2D eigenvalue weighted by molar-refractivity contribution is 9.10. The van der Waals surface area contributed by atoms with E-state index in [9.17, 15) is 4.79 Å². The van der Waals surface area contributed by atoms with Crippen molar-refractivity contribution in [3.63, 3.8) is 0 Å². The molecule has 4 nitrogen and oxygen atoms in total. The summed E-state index contributed by atoms with van der Waals surface area (Å²) in [7, 11) is 0. The molecule has 0 spiro atoms. The molecule has 0 saturated carbocycles. The van der Waals surface area contributed by atoms with Gasteiger partial charge in [0.25, 0.3) is 5.91 Å². The van der Waals surface area contributed by atoms with E-state index in [1.807, 2.05) is 22.7 Å². The summed E-state index contributed by atoms with van der Waals surface area (Å²) in [6.07, 6.45) is 2.73. The predicted octanol–water partition coefficient (Wildman–Crippen LogP) is 2.86. The van der Waals surface area contributed by atoms with Gasteiger partial charge in [-0.25, -0.2) is 4.98 Å². The van der Waals surface area contributed by atoms with Crippen LogP contribution in [0.15, 0.2) is 16.7 Å². The van der Waals surface area contributed by atoms with Crippen LogP contribution in [0.5, 0.6) is 0 Å². The molecule has 6 heteroatoms. The van der Waals surface area contributed by atoms with Gasteiger partial charge >= 0.3 is 0 Å². The molecular weight excluding hydrogens is 326 g/mol. The number of rotatable bonds is 4. The molecule has 0 aromatic carbocycles.